The summed E-state index contributed by atoms with van der Waals surface area (Å²) in [5, 5.41) is 2.59. The number of hydrogen-bond acceptors (Lipinski definition) is 3. The Morgan fingerprint density at radius 1 is 1.00 bits per heavy atom. The van der Waals surface area contributed by atoms with Gasteiger partial charge in [0.2, 0.25) is 11.7 Å². The van der Waals surface area contributed by atoms with Crippen LogP contribution in [-0.4, -0.2) is 17.5 Å². The molecule has 29 heavy (non-hydrogen) atoms. The van der Waals surface area contributed by atoms with Gasteiger partial charge in [0.1, 0.15) is 0 Å². The predicted octanol–water partition coefficient (Wildman–Crippen LogP) is 5.14. The van der Waals surface area contributed by atoms with Gasteiger partial charge in [-0.15, -0.1) is 0 Å². The summed E-state index contributed by atoms with van der Waals surface area (Å²) in [6.07, 6.45) is 16.1. The Bertz CT molecular complexity index is 808. The molecule has 2 atom stereocenters. The van der Waals surface area contributed by atoms with Crippen molar-refractivity contribution >= 4 is 17.5 Å². The summed E-state index contributed by atoms with van der Waals surface area (Å²) in [7, 11) is 0. The first-order chi connectivity index (χ1) is 13.7. The second kappa shape index (κ2) is 10.9. The van der Waals surface area contributed by atoms with Gasteiger partial charge in [0.25, 0.3) is 0 Å². The summed E-state index contributed by atoms with van der Waals surface area (Å²) < 4.78 is 0. The quantitative estimate of drug-likeness (QED) is 0.456. The van der Waals surface area contributed by atoms with Crippen LogP contribution in [0.1, 0.15) is 66.2 Å². The highest BCUT2D eigenvalue weighted by atomic mass is 16.2. The van der Waals surface area contributed by atoms with Crippen molar-refractivity contribution in [2.75, 3.05) is 0 Å². The fraction of sp³-hybridized carbons (Fsp3) is 0.480. The lowest BCUT2D eigenvalue weighted by molar-refractivity contribution is -0.119. The van der Waals surface area contributed by atoms with Gasteiger partial charge in [-0.25, -0.2) is 0 Å². The number of carbonyl (C=O) groups is 3. The van der Waals surface area contributed by atoms with Crippen molar-refractivity contribution in [3.8, 4) is 0 Å². The Balaban J connectivity index is 2.21. The lowest BCUT2D eigenvalue weighted by atomic mass is 9.88. The van der Waals surface area contributed by atoms with Crippen molar-refractivity contribution in [2.24, 2.45) is 11.8 Å². The van der Waals surface area contributed by atoms with Crippen molar-refractivity contribution in [1.82, 2.24) is 5.32 Å². The Kier molecular flexibility index (Phi) is 8.56. The second-order valence-corrected chi connectivity index (χ2v) is 8.51. The summed E-state index contributed by atoms with van der Waals surface area (Å²) in [5.41, 5.74) is 2.75. The summed E-state index contributed by atoms with van der Waals surface area (Å²) >= 11 is 0. The van der Waals surface area contributed by atoms with E-state index in [0.717, 1.165) is 37.7 Å². The summed E-state index contributed by atoms with van der Waals surface area (Å²) in [6, 6.07) is 0. The molecule has 0 saturated carbocycles. The van der Waals surface area contributed by atoms with Crippen LogP contribution < -0.4 is 5.32 Å². The molecule has 2 aliphatic rings. The Hall–Kier alpha value is -2.49. The van der Waals surface area contributed by atoms with E-state index in [9.17, 15) is 14.4 Å². The fourth-order valence-electron chi connectivity index (χ4n) is 3.83. The fourth-order valence-corrected chi connectivity index (χ4v) is 3.83. The summed E-state index contributed by atoms with van der Waals surface area (Å²) in [5.74, 6) is -0.0576. The van der Waals surface area contributed by atoms with Crippen LogP contribution in [0.25, 0.3) is 0 Å². The Labute approximate surface area is 174 Å². The molecule has 1 aliphatic heterocycles. The van der Waals surface area contributed by atoms with Gasteiger partial charge in [-0.05, 0) is 63.0 Å². The first-order valence-corrected chi connectivity index (χ1v) is 10.6. The summed E-state index contributed by atoms with van der Waals surface area (Å²) in [4.78, 5) is 37.1. The molecule has 2 rings (SSSR count). The van der Waals surface area contributed by atoms with Crippen LogP contribution >= 0.6 is 0 Å². The summed E-state index contributed by atoms with van der Waals surface area (Å²) in [6.45, 7) is 8.38. The molecule has 0 aromatic rings. The molecule has 1 aliphatic carbocycles. The van der Waals surface area contributed by atoms with E-state index in [2.05, 4.69) is 38.2 Å². The molecule has 1 heterocycles. The zero-order chi connectivity index (χ0) is 21.4. The SMILES string of the molecule is CC1=CC(=O)NC2=CC(=O)C=C(CC(C)CCCC(C)/C=C(\C)CCC=C1)C2=O. The van der Waals surface area contributed by atoms with E-state index in [4.69, 9.17) is 0 Å². The molecule has 0 saturated heterocycles. The molecule has 4 nitrogen and oxygen atoms in total. The van der Waals surface area contributed by atoms with Gasteiger partial charge in [0, 0.05) is 17.7 Å². The van der Waals surface area contributed by atoms with Crippen LogP contribution in [0.15, 0.2) is 58.9 Å². The minimum Gasteiger partial charge on any atom is -0.319 e. The van der Waals surface area contributed by atoms with Crippen molar-refractivity contribution in [2.45, 2.75) is 66.2 Å². The maximum Gasteiger partial charge on any atom is 0.248 e. The second-order valence-electron chi connectivity index (χ2n) is 8.51. The van der Waals surface area contributed by atoms with E-state index in [1.165, 1.54) is 23.8 Å². The molecule has 0 radical (unpaired) electrons. The average molecular weight is 396 g/mol. The molecule has 0 fully saturated rings. The van der Waals surface area contributed by atoms with Crippen molar-refractivity contribution in [1.29, 1.82) is 0 Å². The monoisotopic (exact) mass is 395 g/mol. The van der Waals surface area contributed by atoms with Gasteiger partial charge in [-0.3, -0.25) is 14.4 Å². The van der Waals surface area contributed by atoms with Crippen LogP contribution in [0, 0.1) is 11.8 Å². The van der Waals surface area contributed by atoms with Crippen LogP contribution in [0.4, 0.5) is 0 Å². The number of nitrogens with one attached hydrogen (secondary N) is 1. The standard InChI is InChI=1S/C25H33NO3/c1-17-8-5-6-9-20(4)14-24(28)26-23-16-22(27)15-21(25(23)29)13-19(3)11-7-10-18(2)12-17/h6,9,12,14-16,18-19H,5,7-8,10-11,13H2,1-4H3,(H,26,28)/b9-6?,17-12+,20-14?. The van der Waals surface area contributed by atoms with E-state index in [0.29, 0.717) is 23.8 Å². The van der Waals surface area contributed by atoms with E-state index in [-0.39, 0.29) is 17.3 Å². The molecule has 1 N–H and O–H groups in total. The third-order valence-corrected chi connectivity index (χ3v) is 5.34. The minimum atomic E-state index is -0.392. The zero-order valence-electron chi connectivity index (χ0n) is 18.1. The molecular weight excluding hydrogens is 362 g/mol. The first kappa shape index (κ1) is 22.8. The van der Waals surface area contributed by atoms with Gasteiger partial charge < -0.3 is 5.32 Å². The van der Waals surface area contributed by atoms with E-state index < -0.39 is 5.91 Å². The molecular formula is C25H33NO3. The van der Waals surface area contributed by atoms with Gasteiger partial charge in [-0.2, -0.15) is 0 Å². The molecule has 2 unspecified atom stereocenters. The number of amides is 1. The average Bonchev–Trinajstić information content (AvgIpc) is 2.61. The highest BCUT2D eigenvalue weighted by Gasteiger charge is 2.24. The normalized spacial score (nSPS) is 27.4. The van der Waals surface area contributed by atoms with E-state index in [1.54, 1.807) is 0 Å². The Morgan fingerprint density at radius 2 is 1.76 bits per heavy atom. The predicted molar refractivity (Wildman–Crippen MR) is 117 cm³/mol. The van der Waals surface area contributed by atoms with E-state index >= 15 is 0 Å². The smallest absolute Gasteiger partial charge is 0.248 e. The number of Topliss-reactive ketones (excluding diaryl/α,β-unsaturated/α-hetero) is 1. The number of fused-ring (bicyclic) bond motifs is 2. The zero-order valence-corrected chi connectivity index (χ0v) is 18.1. The maximum absolute atomic E-state index is 12.7. The number of carbonyl (C=O) groups excluding carboxylic acids is 3. The number of hydrogen-bond donors (Lipinski definition) is 1. The first-order valence-electron chi connectivity index (χ1n) is 10.6. The number of ketones is 2. The van der Waals surface area contributed by atoms with Crippen LogP contribution in [0.5, 0.6) is 0 Å². The number of allylic oxidation sites excluding steroid dienone is 8. The Morgan fingerprint density at radius 3 is 2.52 bits per heavy atom. The highest BCUT2D eigenvalue weighted by Crippen LogP contribution is 2.24. The molecule has 2 bridgehead atoms. The third kappa shape index (κ3) is 7.80. The van der Waals surface area contributed by atoms with E-state index in [1.807, 2.05) is 13.0 Å². The molecule has 156 valence electrons. The maximum atomic E-state index is 12.7. The lowest BCUT2D eigenvalue weighted by Crippen LogP contribution is -2.30. The van der Waals surface area contributed by atoms with Crippen LogP contribution in [0.2, 0.25) is 0 Å². The lowest BCUT2D eigenvalue weighted by Gasteiger charge is -2.18. The molecule has 4 heteroatoms. The van der Waals surface area contributed by atoms with Crippen molar-refractivity contribution in [3.63, 3.8) is 0 Å². The minimum absolute atomic E-state index is 0.0732. The molecule has 0 aromatic heterocycles. The third-order valence-electron chi connectivity index (χ3n) is 5.34. The van der Waals surface area contributed by atoms with Crippen molar-refractivity contribution < 1.29 is 14.4 Å². The van der Waals surface area contributed by atoms with Gasteiger partial charge in [0.05, 0.1) is 5.70 Å². The highest BCUT2D eigenvalue weighted by molar-refractivity contribution is 6.21. The largest absolute Gasteiger partial charge is 0.319 e. The van der Waals surface area contributed by atoms with Gasteiger partial charge >= 0.3 is 0 Å². The number of rotatable bonds is 0. The van der Waals surface area contributed by atoms with Crippen molar-refractivity contribution in [3.05, 3.63) is 58.9 Å². The van der Waals surface area contributed by atoms with Gasteiger partial charge in [0.15, 0.2) is 5.78 Å². The van der Waals surface area contributed by atoms with Crippen LogP contribution in [-0.2, 0) is 14.4 Å². The topological polar surface area (TPSA) is 63.2 Å². The van der Waals surface area contributed by atoms with Crippen LogP contribution in [0.3, 0.4) is 0 Å². The molecule has 0 aromatic carbocycles. The molecule has 1 amide bonds. The molecule has 0 spiro atoms. The van der Waals surface area contributed by atoms with Gasteiger partial charge in [-0.1, -0.05) is 50.5 Å².